The van der Waals surface area contributed by atoms with Crippen molar-refractivity contribution in [1.82, 2.24) is 0 Å². The Kier molecular flexibility index (Phi) is 9.33. The van der Waals surface area contributed by atoms with Crippen molar-refractivity contribution in [2.75, 3.05) is 0 Å². The van der Waals surface area contributed by atoms with E-state index >= 15 is 0 Å². The van der Waals surface area contributed by atoms with E-state index in [2.05, 4.69) is 47.6 Å². The minimum Gasteiger partial charge on any atom is -0.264 e. The summed E-state index contributed by atoms with van der Waals surface area (Å²) in [5.41, 5.74) is 0.0205. The maximum Gasteiger partial charge on any atom is 0.397 e. The highest BCUT2D eigenvalue weighted by atomic mass is 32.3. The first-order chi connectivity index (χ1) is 20.9. The van der Waals surface area contributed by atoms with Crippen molar-refractivity contribution in [2.24, 2.45) is 57.2 Å². The van der Waals surface area contributed by atoms with E-state index in [0.717, 1.165) is 37.2 Å². The number of allylic oxidation sites excluding steroid dienone is 2. The van der Waals surface area contributed by atoms with Crippen LogP contribution in [-0.4, -0.2) is 57.2 Å². The molecule has 15 heteroatoms. The largest absolute Gasteiger partial charge is 0.397 e. The van der Waals surface area contributed by atoms with Gasteiger partial charge < -0.3 is 0 Å². The second-order valence-corrected chi connectivity index (χ2v) is 19.4. The first-order valence-corrected chi connectivity index (χ1v) is 20.6. The Hall–Kier alpha value is -0.650. The lowest BCUT2D eigenvalue weighted by Gasteiger charge is -2.63. The SMILES string of the molecule is CC(C)C1(CC[C@@H](C)[C@H]2CC[C@@]3(C)[C@@H]4C[C@H](OS(=O)(=O)O)[C@H]5C[C@H](OS(=O)(=O)O)[C@@H](OS(=O)(=O)O)C[C@]5(C)C4=CC[C@]23C)CC1C. The van der Waals surface area contributed by atoms with Gasteiger partial charge in [0.15, 0.2) is 0 Å². The van der Waals surface area contributed by atoms with Gasteiger partial charge in [-0.25, -0.2) is 12.5 Å². The zero-order valence-electron chi connectivity index (χ0n) is 27.9. The molecule has 5 aliphatic carbocycles. The van der Waals surface area contributed by atoms with Crippen LogP contribution in [0.25, 0.3) is 0 Å². The third kappa shape index (κ3) is 6.50. The predicted octanol–water partition coefficient (Wildman–Crippen LogP) is 5.84. The van der Waals surface area contributed by atoms with Gasteiger partial charge in [0, 0.05) is 0 Å². The maximum atomic E-state index is 12.2. The number of hydrogen-bond donors (Lipinski definition) is 3. The van der Waals surface area contributed by atoms with Gasteiger partial charge in [0.05, 0.1) is 6.10 Å². The molecule has 0 saturated heterocycles. The molecule has 5 aliphatic rings. The molecule has 0 radical (unpaired) electrons. The summed E-state index contributed by atoms with van der Waals surface area (Å²) in [5.74, 6) is 1.33. The van der Waals surface area contributed by atoms with Crippen LogP contribution >= 0.6 is 0 Å². The molecule has 0 aliphatic heterocycles. The van der Waals surface area contributed by atoms with Crippen LogP contribution in [0.15, 0.2) is 11.6 Å². The van der Waals surface area contributed by atoms with Crippen LogP contribution in [0.3, 0.4) is 0 Å². The topological polar surface area (TPSA) is 191 Å². The zero-order valence-corrected chi connectivity index (χ0v) is 30.3. The molecule has 0 aromatic heterocycles. The fourth-order valence-corrected chi connectivity index (χ4v) is 12.8. The minimum atomic E-state index is -5.09. The lowest BCUT2D eigenvalue weighted by Crippen LogP contribution is -2.60. The van der Waals surface area contributed by atoms with Gasteiger partial charge in [0.25, 0.3) is 0 Å². The van der Waals surface area contributed by atoms with Gasteiger partial charge in [-0.05, 0) is 115 Å². The molecule has 266 valence electrons. The number of hydrogen-bond acceptors (Lipinski definition) is 9. The summed E-state index contributed by atoms with van der Waals surface area (Å²) in [6, 6.07) is 0. The number of rotatable bonds is 11. The van der Waals surface area contributed by atoms with Crippen LogP contribution < -0.4 is 0 Å². The molecule has 0 heterocycles. The molecule has 0 bridgehead atoms. The molecule has 46 heavy (non-hydrogen) atoms. The Morgan fingerprint density at radius 3 is 1.89 bits per heavy atom. The summed E-state index contributed by atoms with van der Waals surface area (Å²) in [5, 5.41) is 0. The molecule has 4 fully saturated rings. The average molecular weight is 713 g/mol. The highest BCUT2D eigenvalue weighted by Gasteiger charge is 2.67. The molecule has 3 N–H and O–H groups in total. The molecule has 4 saturated carbocycles. The van der Waals surface area contributed by atoms with Crippen LogP contribution in [-0.2, 0) is 43.7 Å². The van der Waals surface area contributed by atoms with Crippen molar-refractivity contribution < 1.29 is 51.5 Å². The lowest BCUT2D eigenvalue weighted by molar-refractivity contribution is -0.122. The van der Waals surface area contributed by atoms with Crippen LogP contribution in [0.4, 0.5) is 0 Å². The Morgan fingerprint density at radius 1 is 0.826 bits per heavy atom. The van der Waals surface area contributed by atoms with Gasteiger partial charge in [-0.1, -0.05) is 60.1 Å². The van der Waals surface area contributed by atoms with E-state index in [0.29, 0.717) is 23.2 Å². The van der Waals surface area contributed by atoms with E-state index in [4.69, 9.17) is 12.5 Å². The van der Waals surface area contributed by atoms with Crippen LogP contribution in [0.1, 0.15) is 106 Å². The summed E-state index contributed by atoms with van der Waals surface area (Å²) in [4.78, 5) is 0. The molecule has 2 unspecified atom stereocenters. The summed E-state index contributed by atoms with van der Waals surface area (Å²) in [6.07, 6.45) is 4.06. The Morgan fingerprint density at radius 2 is 1.37 bits per heavy atom. The highest BCUT2D eigenvalue weighted by molar-refractivity contribution is 7.81. The predicted molar refractivity (Wildman–Crippen MR) is 169 cm³/mol. The number of fused-ring (bicyclic) bond motifs is 5. The van der Waals surface area contributed by atoms with Crippen molar-refractivity contribution in [3.63, 3.8) is 0 Å². The van der Waals surface area contributed by atoms with Gasteiger partial charge >= 0.3 is 31.2 Å². The average Bonchev–Trinajstić information content (AvgIpc) is 3.45. The minimum absolute atomic E-state index is 0.123. The molecule has 0 amide bonds. The molecule has 12 atom stereocenters. The summed E-state index contributed by atoms with van der Waals surface area (Å²) < 4.78 is 115. The molecule has 0 spiro atoms. The normalized spacial score (nSPS) is 45.0. The van der Waals surface area contributed by atoms with Gasteiger partial charge in [0.2, 0.25) is 0 Å². The van der Waals surface area contributed by atoms with E-state index in [-0.39, 0.29) is 36.0 Å². The van der Waals surface area contributed by atoms with Gasteiger partial charge in [-0.15, -0.1) is 0 Å². The fraction of sp³-hybridized carbons (Fsp3) is 0.935. The van der Waals surface area contributed by atoms with Crippen LogP contribution in [0, 0.1) is 57.2 Å². The van der Waals surface area contributed by atoms with Gasteiger partial charge in [0.1, 0.15) is 12.2 Å². The van der Waals surface area contributed by atoms with E-state index < -0.39 is 60.8 Å². The van der Waals surface area contributed by atoms with E-state index in [9.17, 15) is 38.9 Å². The Balaban J connectivity index is 1.51. The smallest absolute Gasteiger partial charge is 0.264 e. The molecule has 5 rings (SSSR count). The molecule has 0 aromatic carbocycles. The van der Waals surface area contributed by atoms with Gasteiger partial charge in [-0.2, -0.15) is 25.3 Å². The van der Waals surface area contributed by atoms with Crippen molar-refractivity contribution in [3.05, 3.63) is 11.6 Å². The summed E-state index contributed by atoms with van der Waals surface area (Å²) >= 11 is 0. The quantitative estimate of drug-likeness (QED) is 0.172. The van der Waals surface area contributed by atoms with Crippen molar-refractivity contribution >= 4 is 31.2 Å². The molecule has 0 aromatic rings. The summed E-state index contributed by atoms with van der Waals surface area (Å²) in [7, 11) is -15.1. The maximum absolute atomic E-state index is 12.2. The first kappa shape index (κ1) is 36.6. The molecular weight excluding hydrogens is 661 g/mol. The molecular formula is C31H52O12S3. The second kappa shape index (κ2) is 11.7. The second-order valence-electron chi connectivity index (χ2n) is 16.3. The monoisotopic (exact) mass is 712 g/mol. The van der Waals surface area contributed by atoms with Gasteiger partial charge in [-0.3, -0.25) is 13.7 Å². The third-order valence-electron chi connectivity index (χ3n) is 14.1. The van der Waals surface area contributed by atoms with E-state index in [1.165, 1.54) is 12.8 Å². The van der Waals surface area contributed by atoms with Crippen molar-refractivity contribution in [1.29, 1.82) is 0 Å². The standard InChI is InChI=1S/C31H52O12S3/c1-18(2)31(16-20(31)4)13-8-19(3)21-9-11-30(7)23-14-25(41-44(32,33)34)24-15-26(42-45(35,36)37)27(43-46(38,39)40)17-28(24,5)22(23)10-12-29(21,30)6/h10,18-21,23-27H,8-9,11-17H2,1-7H3,(H,32,33,34)(H,35,36,37)(H,38,39,40)/t19-,20?,21-,23-,24-,25+,26+,27+,28-,29-,30+,31?/m1/s1. The third-order valence-corrected chi connectivity index (χ3v) is 15.5. The fourth-order valence-electron chi connectivity index (χ4n) is 11.3. The van der Waals surface area contributed by atoms with E-state index in [1.807, 2.05) is 6.92 Å². The Labute approximate surface area is 275 Å². The lowest BCUT2D eigenvalue weighted by atomic mass is 9.43. The Bertz CT molecular complexity index is 1560. The zero-order chi connectivity index (χ0) is 34.5. The van der Waals surface area contributed by atoms with Crippen molar-refractivity contribution in [3.8, 4) is 0 Å². The summed E-state index contributed by atoms with van der Waals surface area (Å²) in [6.45, 7) is 15.8. The molecule has 12 nitrogen and oxygen atoms in total. The van der Waals surface area contributed by atoms with Crippen molar-refractivity contribution in [2.45, 2.75) is 125 Å². The highest BCUT2D eigenvalue weighted by Crippen LogP contribution is 2.72. The van der Waals surface area contributed by atoms with E-state index in [1.54, 1.807) is 0 Å². The van der Waals surface area contributed by atoms with Crippen LogP contribution in [0.2, 0.25) is 0 Å². The first-order valence-electron chi connectivity index (χ1n) is 16.5. The van der Waals surface area contributed by atoms with Crippen LogP contribution in [0.5, 0.6) is 0 Å².